The molecule has 1 aliphatic heterocycles. The van der Waals surface area contributed by atoms with Gasteiger partial charge in [-0.2, -0.15) is 0 Å². The summed E-state index contributed by atoms with van der Waals surface area (Å²) in [5, 5.41) is 10.5. The average Bonchev–Trinajstić information content (AvgIpc) is 2.86. The molecule has 3 N–H and O–H groups in total. The first-order valence-electron chi connectivity index (χ1n) is 12.4. The van der Waals surface area contributed by atoms with Crippen LogP contribution in [-0.2, 0) is 9.47 Å². The zero-order valence-corrected chi connectivity index (χ0v) is 20.2. The van der Waals surface area contributed by atoms with Crippen LogP contribution in [0, 0.1) is 11.7 Å². The quantitative estimate of drug-likeness (QED) is 0.480. The van der Waals surface area contributed by atoms with Gasteiger partial charge in [0.05, 0.1) is 18.4 Å². The van der Waals surface area contributed by atoms with E-state index >= 15 is 0 Å². The van der Waals surface area contributed by atoms with Crippen LogP contribution in [0.4, 0.5) is 16.0 Å². The van der Waals surface area contributed by atoms with Gasteiger partial charge in [-0.15, -0.1) is 0 Å². The van der Waals surface area contributed by atoms with E-state index in [0.717, 1.165) is 64.9 Å². The lowest BCUT2D eigenvalue weighted by Crippen LogP contribution is -2.42. The fraction of sp³-hybridized carbons (Fsp3) is 0.640. The third kappa shape index (κ3) is 7.07. The standard InChI is InChI=1S/C25H37FN6O2/c1-17(16-33-2)30-19-3-5-20(6-4-19)31-24-13-21(22(26)15-29-24)25-27-10-7-23(32-25)28-14-18-8-11-34-12-9-18/h7,10,13,15,17-20,30H,3-6,8-9,11-12,14,16H2,1-2H3,(H,29,31)(H,27,28,32)/t17-,19?,20?/m0/s1. The summed E-state index contributed by atoms with van der Waals surface area (Å²) < 4.78 is 25.3. The van der Waals surface area contributed by atoms with E-state index in [9.17, 15) is 4.39 Å². The molecular weight excluding hydrogens is 435 g/mol. The number of hydrogen-bond donors (Lipinski definition) is 3. The highest BCUT2D eigenvalue weighted by Crippen LogP contribution is 2.26. The molecule has 2 aromatic rings. The normalized spacial score (nSPS) is 22.3. The molecule has 0 radical (unpaired) electrons. The van der Waals surface area contributed by atoms with Gasteiger partial charge in [0.25, 0.3) is 0 Å². The topological polar surface area (TPSA) is 93.2 Å². The monoisotopic (exact) mass is 472 g/mol. The first kappa shape index (κ1) is 24.8. The third-order valence-corrected chi connectivity index (χ3v) is 6.68. The second kappa shape index (κ2) is 12.4. The van der Waals surface area contributed by atoms with Crippen molar-refractivity contribution in [3.8, 4) is 11.4 Å². The Labute approximate surface area is 201 Å². The fourth-order valence-electron chi connectivity index (χ4n) is 4.79. The minimum Gasteiger partial charge on any atom is -0.383 e. The van der Waals surface area contributed by atoms with Gasteiger partial charge >= 0.3 is 0 Å². The summed E-state index contributed by atoms with van der Waals surface area (Å²) in [6.45, 7) is 5.31. The highest BCUT2D eigenvalue weighted by Gasteiger charge is 2.23. The number of methoxy groups -OCH3 is 1. The second-order valence-electron chi connectivity index (χ2n) is 9.47. The molecule has 2 aromatic heterocycles. The number of pyridine rings is 1. The third-order valence-electron chi connectivity index (χ3n) is 6.68. The molecule has 9 heteroatoms. The highest BCUT2D eigenvalue weighted by atomic mass is 19.1. The van der Waals surface area contributed by atoms with E-state index in [0.29, 0.717) is 47.1 Å². The van der Waals surface area contributed by atoms with Crippen LogP contribution in [0.5, 0.6) is 0 Å². The van der Waals surface area contributed by atoms with Crippen LogP contribution < -0.4 is 16.0 Å². The minimum absolute atomic E-state index is 0.315. The number of hydrogen-bond acceptors (Lipinski definition) is 8. The van der Waals surface area contributed by atoms with Crippen molar-refractivity contribution in [2.75, 3.05) is 44.1 Å². The number of ether oxygens (including phenoxy) is 2. The minimum atomic E-state index is -0.424. The summed E-state index contributed by atoms with van der Waals surface area (Å²) in [5.41, 5.74) is 0.357. The molecule has 1 aliphatic carbocycles. The van der Waals surface area contributed by atoms with E-state index in [-0.39, 0.29) is 0 Å². The molecule has 2 aliphatic rings. The van der Waals surface area contributed by atoms with Crippen molar-refractivity contribution < 1.29 is 13.9 Å². The van der Waals surface area contributed by atoms with Gasteiger partial charge < -0.3 is 25.4 Å². The molecule has 1 atom stereocenters. The number of aromatic nitrogens is 3. The van der Waals surface area contributed by atoms with Crippen molar-refractivity contribution in [1.29, 1.82) is 0 Å². The smallest absolute Gasteiger partial charge is 0.164 e. The highest BCUT2D eigenvalue weighted by molar-refractivity contribution is 5.61. The lowest BCUT2D eigenvalue weighted by molar-refractivity contribution is 0.0699. The van der Waals surface area contributed by atoms with E-state index in [1.807, 2.05) is 6.07 Å². The van der Waals surface area contributed by atoms with Gasteiger partial charge in [0.1, 0.15) is 11.6 Å². The van der Waals surface area contributed by atoms with Crippen LogP contribution >= 0.6 is 0 Å². The average molecular weight is 473 g/mol. The molecule has 1 saturated carbocycles. The summed E-state index contributed by atoms with van der Waals surface area (Å²) in [6.07, 6.45) is 9.25. The van der Waals surface area contributed by atoms with Gasteiger partial charge in [0.2, 0.25) is 0 Å². The Kier molecular flexibility index (Phi) is 9.01. The first-order chi connectivity index (χ1) is 16.6. The Morgan fingerprint density at radius 3 is 2.62 bits per heavy atom. The maximum atomic E-state index is 14.7. The molecule has 0 unspecified atom stereocenters. The van der Waals surface area contributed by atoms with Crippen LogP contribution in [-0.4, -0.2) is 66.6 Å². The van der Waals surface area contributed by atoms with Crippen LogP contribution in [0.15, 0.2) is 24.5 Å². The van der Waals surface area contributed by atoms with E-state index in [1.165, 1.54) is 6.20 Å². The van der Waals surface area contributed by atoms with Crippen LogP contribution in [0.2, 0.25) is 0 Å². The van der Waals surface area contributed by atoms with Crippen molar-refractivity contribution in [1.82, 2.24) is 20.3 Å². The molecule has 4 rings (SSSR count). The zero-order chi connectivity index (χ0) is 23.8. The van der Waals surface area contributed by atoms with Gasteiger partial charge in [-0.3, -0.25) is 0 Å². The Morgan fingerprint density at radius 1 is 1.09 bits per heavy atom. The number of rotatable bonds is 10. The van der Waals surface area contributed by atoms with Gasteiger partial charge in [-0.05, 0) is 63.5 Å². The first-order valence-corrected chi connectivity index (χ1v) is 12.4. The Morgan fingerprint density at radius 2 is 1.85 bits per heavy atom. The molecule has 186 valence electrons. The number of nitrogens with zero attached hydrogens (tertiary/aromatic N) is 3. The lowest BCUT2D eigenvalue weighted by atomic mass is 9.90. The number of nitrogens with one attached hydrogen (secondary N) is 3. The lowest BCUT2D eigenvalue weighted by Gasteiger charge is -2.31. The van der Waals surface area contributed by atoms with Crippen molar-refractivity contribution in [2.24, 2.45) is 5.92 Å². The predicted octanol–water partition coefficient (Wildman–Crippen LogP) is 3.86. The van der Waals surface area contributed by atoms with E-state index < -0.39 is 5.82 Å². The summed E-state index contributed by atoms with van der Waals surface area (Å²) >= 11 is 0. The Balaban J connectivity index is 1.34. The predicted molar refractivity (Wildman–Crippen MR) is 131 cm³/mol. The number of anilines is 2. The largest absolute Gasteiger partial charge is 0.383 e. The van der Waals surface area contributed by atoms with Crippen LogP contribution in [0.3, 0.4) is 0 Å². The maximum Gasteiger partial charge on any atom is 0.164 e. The van der Waals surface area contributed by atoms with Crippen LogP contribution in [0.25, 0.3) is 11.4 Å². The molecule has 2 fully saturated rings. The summed E-state index contributed by atoms with van der Waals surface area (Å²) in [7, 11) is 1.73. The Bertz CT molecular complexity index is 903. The second-order valence-corrected chi connectivity index (χ2v) is 9.47. The molecule has 0 spiro atoms. The summed E-state index contributed by atoms with van der Waals surface area (Å²) in [6, 6.07) is 4.71. The maximum absolute atomic E-state index is 14.7. The van der Waals surface area contributed by atoms with E-state index in [1.54, 1.807) is 19.4 Å². The number of halogens is 1. The van der Waals surface area contributed by atoms with Crippen molar-refractivity contribution in [3.05, 3.63) is 30.3 Å². The molecule has 34 heavy (non-hydrogen) atoms. The van der Waals surface area contributed by atoms with Gasteiger partial charge in [0.15, 0.2) is 11.6 Å². The van der Waals surface area contributed by atoms with Gasteiger partial charge in [0, 0.05) is 51.2 Å². The van der Waals surface area contributed by atoms with Crippen LogP contribution in [0.1, 0.15) is 45.4 Å². The van der Waals surface area contributed by atoms with Gasteiger partial charge in [-0.25, -0.2) is 19.3 Å². The van der Waals surface area contributed by atoms with Crippen molar-refractivity contribution in [3.63, 3.8) is 0 Å². The zero-order valence-electron chi connectivity index (χ0n) is 20.2. The van der Waals surface area contributed by atoms with Crippen molar-refractivity contribution in [2.45, 2.75) is 63.6 Å². The molecule has 1 saturated heterocycles. The summed E-state index contributed by atoms with van der Waals surface area (Å²) in [4.78, 5) is 13.2. The molecule has 0 aromatic carbocycles. The molecule has 3 heterocycles. The molecule has 0 bridgehead atoms. The fourth-order valence-corrected chi connectivity index (χ4v) is 4.79. The van der Waals surface area contributed by atoms with E-state index in [2.05, 4.69) is 37.8 Å². The summed E-state index contributed by atoms with van der Waals surface area (Å²) in [5.74, 6) is 1.86. The SMILES string of the molecule is COC[C@H](C)NC1CCC(Nc2cc(-c3nccc(NCC4CCOCC4)n3)c(F)cn2)CC1. The van der Waals surface area contributed by atoms with Gasteiger partial charge in [-0.1, -0.05) is 0 Å². The van der Waals surface area contributed by atoms with Crippen molar-refractivity contribution >= 4 is 11.6 Å². The Hall–Kier alpha value is -2.36. The molecule has 8 nitrogen and oxygen atoms in total. The molecule has 0 amide bonds. The molecular formula is C25H37FN6O2. The van der Waals surface area contributed by atoms with E-state index in [4.69, 9.17) is 9.47 Å².